The lowest BCUT2D eigenvalue weighted by molar-refractivity contribution is 1.03. The van der Waals surface area contributed by atoms with Crippen molar-refractivity contribution in [3.8, 4) is 0 Å². The number of rotatable bonds is 1. The van der Waals surface area contributed by atoms with E-state index in [0.29, 0.717) is 15.6 Å². The van der Waals surface area contributed by atoms with Crippen LogP contribution in [0.15, 0.2) is 10.8 Å². The van der Waals surface area contributed by atoms with Gasteiger partial charge in [0.1, 0.15) is 4.60 Å². The van der Waals surface area contributed by atoms with Crippen LogP contribution in [0.2, 0.25) is 5.15 Å². The lowest BCUT2D eigenvalue weighted by Crippen LogP contribution is -2.11. The maximum atomic E-state index is 5.78. The highest BCUT2D eigenvalue weighted by molar-refractivity contribution is 9.10. The first kappa shape index (κ1) is 8.74. The standard InChI is InChI=1S/C6H7BrClN3/c1-11(2)6-5(8)10-4(7)3-9-6/h3H,1-2H3. The van der Waals surface area contributed by atoms with Crippen molar-refractivity contribution in [3.63, 3.8) is 0 Å². The maximum Gasteiger partial charge on any atom is 0.172 e. The molecule has 0 amide bonds. The number of anilines is 1. The van der Waals surface area contributed by atoms with E-state index in [1.54, 1.807) is 6.20 Å². The average Bonchev–Trinajstić information content (AvgIpc) is 1.85. The normalized spacial score (nSPS) is 9.82. The summed E-state index contributed by atoms with van der Waals surface area (Å²) in [6, 6.07) is 0. The summed E-state index contributed by atoms with van der Waals surface area (Å²) in [6.45, 7) is 0. The zero-order chi connectivity index (χ0) is 8.43. The van der Waals surface area contributed by atoms with E-state index < -0.39 is 0 Å². The molecule has 1 aromatic rings. The molecule has 11 heavy (non-hydrogen) atoms. The smallest absolute Gasteiger partial charge is 0.172 e. The van der Waals surface area contributed by atoms with Gasteiger partial charge in [-0.15, -0.1) is 0 Å². The first-order valence-electron chi connectivity index (χ1n) is 2.96. The summed E-state index contributed by atoms with van der Waals surface area (Å²) in [5, 5.41) is 0.407. The second kappa shape index (κ2) is 3.36. The molecular weight excluding hydrogens is 229 g/mol. The van der Waals surface area contributed by atoms with Gasteiger partial charge in [-0.2, -0.15) is 0 Å². The molecule has 0 bridgehead atoms. The highest BCUT2D eigenvalue weighted by Gasteiger charge is 2.04. The molecule has 0 radical (unpaired) electrons. The Morgan fingerprint density at radius 1 is 1.55 bits per heavy atom. The molecule has 1 heterocycles. The molecule has 1 aromatic heterocycles. The third-order valence-electron chi connectivity index (χ3n) is 1.11. The fourth-order valence-electron chi connectivity index (χ4n) is 0.640. The van der Waals surface area contributed by atoms with Gasteiger partial charge in [0.2, 0.25) is 0 Å². The maximum absolute atomic E-state index is 5.78. The minimum atomic E-state index is 0.407. The second-order valence-corrected chi connectivity index (χ2v) is 3.37. The van der Waals surface area contributed by atoms with Gasteiger partial charge in [0.15, 0.2) is 11.0 Å². The highest BCUT2D eigenvalue weighted by atomic mass is 79.9. The van der Waals surface area contributed by atoms with Crippen LogP contribution >= 0.6 is 27.5 Å². The summed E-state index contributed by atoms with van der Waals surface area (Å²) in [5.41, 5.74) is 0. The summed E-state index contributed by atoms with van der Waals surface area (Å²) in [4.78, 5) is 9.84. The van der Waals surface area contributed by atoms with Crippen molar-refractivity contribution in [1.82, 2.24) is 9.97 Å². The molecule has 0 saturated heterocycles. The van der Waals surface area contributed by atoms with Gasteiger partial charge in [-0.25, -0.2) is 9.97 Å². The number of aromatic nitrogens is 2. The van der Waals surface area contributed by atoms with Crippen molar-refractivity contribution in [2.45, 2.75) is 0 Å². The van der Waals surface area contributed by atoms with Crippen molar-refractivity contribution >= 4 is 33.3 Å². The minimum absolute atomic E-state index is 0.407. The number of halogens is 2. The monoisotopic (exact) mass is 235 g/mol. The Balaban J connectivity index is 3.09. The molecule has 0 aliphatic rings. The molecule has 1 rings (SSSR count). The number of nitrogens with zero attached hydrogens (tertiary/aromatic N) is 3. The molecule has 0 aliphatic heterocycles. The molecule has 60 valence electrons. The van der Waals surface area contributed by atoms with Crippen LogP contribution in [0.25, 0.3) is 0 Å². The first-order chi connectivity index (χ1) is 5.11. The SMILES string of the molecule is CN(C)c1ncc(Br)nc1Cl. The lowest BCUT2D eigenvalue weighted by atomic mass is 10.6. The van der Waals surface area contributed by atoms with Crippen LogP contribution in [0.4, 0.5) is 5.82 Å². The van der Waals surface area contributed by atoms with Gasteiger partial charge in [-0.05, 0) is 15.9 Å². The molecule has 0 fully saturated rings. The predicted molar refractivity (Wildman–Crippen MR) is 49.1 cm³/mol. The Morgan fingerprint density at radius 2 is 2.18 bits per heavy atom. The van der Waals surface area contributed by atoms with Crippen LogP contribution in [0.3, 0.4) is 0 Å². The molecule has 0 aromatic carbocycles. The van der Waals surface area contributed by atoms with Crippen molar-refractivity contribution < 1.29 is 0 Å². The van der Waals surface area contributed by atoms with Gasteiger partial charge in [0, 0.05) is 14.1 Å². The van der Waals surface area contributed by atoms with Crippen LogP contribution in [0, 0.1) is 0 Å². The summed E-state index contributed by atoms with van der Waals surface area (Å²) >= 11 is 8.95. The molecule has 0 unspecified atom stereocenters. The summed E-state index contributed by atoms with van der Waals surface area (Å²) in [6.07, 6.45) is 1.61. The van der Waals surface area contributed by atoms with Crippen molar-refractivity contribution in [3.05, 3.63) is 16.0 Å². The van der Waals surface area contributed by atoms with Crippen molar-refractivity contribution in [1.29, 1.82) is 0 Å². The van der Waals surface area contributed by atoms with E-state index in [2.05, 4.69) is 25.9 Å². The van der Waals surface area contributed by atoms with Crippen LogP contribution in [0.1, 0.15) is 0 Å². The van der Waals surface area contributed by atoms with E-state index in [0.717, 1.165) is 0 Å². The Hall–Kier alpha value is -0.350. The zero-order valence-electron chi connectivity index (χ0n) is 6.17. The van der Waals surface area contributed by atoms with E-state index in [-0.39, 0.29) is 0 Å². The van der Waals surface area contributed by atoms with E-state index in [1.807, 2.05) is 19.0 Å². The van der Waals surface area contributed by atoms with E-state index in [9.17, 15) is 0 Å². The Morgan fingerprint density at radius 3 is 2.64 bits per heavy atom. The van der Waals surface area contributed by atoms with Gasteiger partial charge < -0.3 is 4.90 Å². The fourth-order valence-corrected chi connectivity index (χ4v) is 1.33. The average molecular weight is 236 g/mol. The topological polar surface area (TPSA) is 29.0 Å². The molecule has 0 atom stereocenters. The van der Waals surface area contributed by atoms with Crippen LogP contribution in [-0.2, 0) is 0 Å². The molecule has 0 N–H and O–H groups in total. The van der Waals surface area contributed by atoms with Gasteiger partial charge in [-0.1, -0.05) is 11.6 Å². The lowest BCUT2D eigenvalue weighted by Gasteiger charge is -2.11. The summed E-state index contributed by atoms with van der Waals surface area (Å²) in [5.74, 6) is 0.676. The molecule has 0 aliphatic carbocycles. The third-order valence-corrected chi connectivity index (χ3v) is 1.74. The predicted octanol–water partition coefficient (Wildman–Crippen LogP) is 1.96. The molecule has 0 saturated carbocycles. The van der Waals surface area contributed by atoms with E-state index in [1.165, 1.54) is 0 Å². The van der Waals surface area contributed by atoms with E-state index in [4.69, 9.17) is 11.6 Å². The van der Waals surface area contributed by atoms with Crippen LogP contribution in [-0.4, -0.2) is 24.1 Å². The third kappa shape index (κ3) is 2.04. The van der Waals surface area contributed by atoms with E-state index >= 15 is 0 Å². The summed E-state index contributed by atoms with van der Waals surface area (Å²) in [7, 11) is 3.73. The van der Waals surface area contributed by atoms with Gasteiger partial charge in [0.25, 0.3) is 0 Å². The van der Waals surface area contributed by atoms with Crippen molar-refractivity contribution in [2.75, 3.05) is 19.0 Å². The van der Waals surface area contributed by atoms with Gasteiger partial charge in [-0.3, -0.25) is 0 Å². The minimum Gasteiger partial charge on any atom is -0.360 e. The Bertz CT molecular complexity index is 264. The highest BCUT2D eigenvalue weighted by Crippen LogP contribution is 2.20. The largest absolute Gasteiger partial charge is 0.360 e. The quantitative estimate of drug-likeness (QED) is 0.746. The fraction of sp³-hybridized carbons (Fsp3) is 0.333. The zero-order valence-corrected chi connectivity index (χ0v) is 8.52. The first-order valence-corrected chi connectivity index (χ1v) is 4.13. The molecular formula is C6H7BrClN3. The summed E-state index contributed by atoms with van der Waals surface area (Å²) < 4.78 is 0.646. The molecule has 0 spiro atoms. The van der Waals surface area contributed by atoms with Crippen LogP contribution in [0.5, 0.6) is 0 Å². The van der Waals surface area contributed by atoms with Gasteiger partial charge in [0.05, 0.1) is 6.20 Å². The molecule has 5 heteroatoms. The number of hydrogen-bond donors (Lipinski definition) is 0. The Labute approximate surface area is 78.5 Å². The Kier molecular flexibility index (Phi) is 2.67. The number of hydrogen-bond acceptors (Lipinski definition) is 3. The second-order valence-electron chi connectivity index (χ2n) is 2.20. The molecule has 3 nitrogen and oxygen atoms in total. The van der Waals surface area contributed by atoms with Crippen molar-refractivity contribution in [2.24, 2.45) is 0 Å². The van der Waals surface area contributed by atoms with Crippen LogP contribution < -0.4 is 4.90 Å². The van der Waals surface area contributed by atoms with Gasteiger partial charge >= 0.3 is 0 Å².